The van der Waals surface area contributed by atoms with Gasteiger partial charge in [0.2, 0.25) is 5.91 Å². The summed E-state index contributed by atoms with van der Waals surface area (Å²) >= 11 is 0. The molecule has 0 spiro atoms. The van der Waals surface area contributed by atoms with Crippen molar-refractivity contribution in [3.05, 3.63) is 64.6 Å². The van der Waals surface area contributed by atoms with Crippen LogP contribution in [0.3, 0.4) is 0 Å². The second kappa shape index (κ2) is 7.79. The zero-order valence-electron chi connectivity index (χ0n) is 17.1. The third-order valence-electron chi connectivity index (χ3n) is 5.40. The minimum atomic E-state index is -0.530. The van der Waals surface area contributed by atoms with Gasteiger partial charge < -0.3 is 14.2 Å². The zero-order valence-corrected chi connectivity index (χ0v) is 17.1. The second-order valence-electron chi connectivity index (χ2n) is 7.45. The van der Waals surface area contributed by atoms with E-state index in [1.165, 1.54) is 11.1 Å². The highest BCUT2D eigenvalue weighted by atomic mass is 16.5. The van der Waals surface area contributed by atoms with Gasteiger partial charge in [-0.3, -0.25) is 9.48 Å². The summed E-state index contributed by atoms with van der Waals surface area (Å²) in [6, 6.07) is 5.95. The summed E-state index contributed by atoms with van der Waals surface area (Å²) in [7, 11) is 1.84. The highest BCUT2D eigenvalue weighted by Crippen LogP contribution is 2.39. The summed E-state index contributed by atoms with van der Waals surface area (Å²) in [6.07, 6.45) is 3.67. The highest BCUT2D eigenvalue weighted by Gasteiger charge is 2.41. The number of amides is 1. The van der Waals surface area contributed by atoms with Gasteiger partial charge in [0.1, 0.15) is 6.61 Å². The van der Waals surface area contributed by atoms with Gasteiger partial charge in [-0.15, -0.1) is 0 Å². The lowest BCUT2D eigenvalue weighted by Gasteiger charge is -2.38. The van der Waals surface area contributed by atoms with Crippen molar-refractivity contribution >= 4 is 5.91 Å². The van der Waals surface area contributed by atoms with Crippen LogP contribution in [0.2, 0.25) is 0 Å². The molecule has 0 unspecified atom stereocenters. The van der Waals surface area contributed by atoms with E-state index in [9.17, 15) is 4.79 Å². The van der Waals surface area contributed by atoms with Gasteiger partial charge in [-0.1, -0.05) is 23.4 Å². The van der Waals surface area contributed by atoms with Crippen LogP contribution in [0.4, 0.5) is 0 Å². The number of morpholine rings is 1. The summed E-state index contributed by atoms with van der Waals surface area (Å²) in [4.78, 5) is 18.8. The first kappa shape index (κ1) is 19.3. The van der Waals surface area contributed by atoms with Crippen molar-refractivity contribution < 1.29 is 14.1 Å². The summed E-state index contributed by atoms with van der Waals surface area (Å²) in [5, 5.41) is 8.40. The first-order chi connectivity index (χ1) is 14.0. The van der Waals surface area contributed by atoms with Gasteiger partial charge in [-0.2, -0.15) is 10.1 Å². The number of hydrogen-bond donors (Lipinski definition) is 0. The Kier molecular flexibility index (Phi) is 5.19. The van der Waals surface area contributed by atoms with Crippen LogP contribution < -0.4 is 0 Å². The largest absolute Gasteiger partial charge is 0.356 e. The fourth-order valence-corrected chi connectivity index (χ4v) is 3.73. The van der Waals surface area contributed by atoms with Gasteiger partial charge in [0.15, 0.2) is 11.9 Å². The van der Waals surface area contributed by atoms with Crippen LogP contribution >= 0.6 is 0 Å². The molecule has 1 fully saturated rings. The molecule has 2 atom stereocenters. The van der Waals surface area contributed by atoms with Crippen molar-refractivity contribution in [2.75, 3.05) is 13.2 Å². The zero-order chi connectivity index (χ0) is 20.5. The summed E-state index contributed by atoms with van der Waals surface area (Å²) < 4.78 is 13.1. The molecular weight excluding hydrogens is 370 g/mol. The summed E-state index contributed by atoms with van der Waals surface area (Å²) in [5.74, 6) is 0.910. The summed E-state index contributed by atoms with van der Waals surface area (Å²) in [6.45, 7) is 6.67. The molecule has 1 aliphatic rings. The maximum atomic E-state index is 12.4. The standard InChI is InChI=1S/C21H25N5O3/c1-5-26-18(27)12-28-20(19(26)16-10-22-25(4)11-16)21-23-17(24-29-21)9-15-7-6-13(2)14(3)8-15/h6-8,10-11,19-20H,5,9,12H2,1-4H3/t19-,20+/m1/s1. The van der Waals surface area contributed by atoms with Crippen molar-refractivity contribution in [1.29, 1.82) is 0 Å². The van der Waals surface area contributed by atoms with E-state index >= 15 is 0 Å². The lowest BCUT2D eigenvalue weighted by molar-refractivity contribution is -0.160. The molecule has 1 amide bonds. The monoisotopic (exact) mass is 395 g/mol. The van der Waals surface area contributed by atoms with E-state index < -0.39 is 6.10 Å². The first-order valence-corrected chi connectivity index (χ1v) is 9.74. The average molecular weight is 395 g/mol. The van der Waals surface area contributed by atoms with Gasteiger partial charge in [-0.05, 0) is 37.5 Å². The molecule has 1 aromatic carbocycles. The van der Waals surface area contributed by atoms with Crippen LogP contribution in [-0.4, -0.2) is 43.9 Å². The molecule has 1 saturated heterocycles. The Labute approximate surface area is 169 Å². The van der Waals surface area contributed by atoms with Crippen LogP contribution in [0, 0.1) is 13.8 Å². The normalized spacial score (nSPS) is 19.7. The quantitative estimate of drug-likeness (QED) is 0.660. The van der Waals surface area contributed by atoms with Gasteiger partial charge in [0.25, 0.3) is 5.89 Å². The van der Waals surface area contributed by atoms with Gasteiger partial charge in [-0.25, -0.2) is 0 Å². The first-order valence-electron chi connectivity index (χ1n) is 9.74. The molecule has 0 aliphatic carbocycles. The van der Waals surface area contributed by atoms with E-state index in [1.807, 2.05) is 20.2 Å². The Morgan fingerprint density at radius 3 is 2.76 bits per heavy atom. The number of aromatic nitrogens is 4. The molecule has 8 heteroatoms. The van der Waals surface area contributed by atoms with Crippen LogP contribution in [0.25, 0.3) is 0 Å². The molecule has 8 nitrogen and oxygen atoms in total. The number of likely N-dealkylation sites (N-methyl/N-ethyl adjacent to an activating group) is 1. The van der Waals surface area contributed by atoms with Crippen molar-refractivity contribution in [2.45, 2.75) is 39.3 Å². The van der Waals surface area contributed by atoms with Crippen molar-refractivity contribution in [2.24, 2.45) is 7.05 Å². The molecular formula is C21H25N5O3. The lowest BCUT2D eigenvalue weighted by atomic mass is 10.0. The van der Waals surface area contributed by atoms with E-state index in [1.54, 1.807) is 15.8 Å². The van der Waals surface area contributed by atoms with Gasteiger partial charge in [0, 0.05) is 31.8 Å². The predicted octanol–water partition coefficient (Wildman–Crippen LogP) is 2.67. The SMILES string of the molecule is CCN1C(=O)CO[C@H](c2nc(Cc3ccc(C)c(C)c3)no2)[C@H]1c1cnn(C)c1. The number of ether oxygens (including phenoxy) is 1. The number of carbonyl (C=O) groups excluding carboxylic acids is 1. The molecule has 0 saturated carbocycles. The Morgan fingerprint density at radius 2 is 2.07 bits per heavy atom. The van der Waals surface area contributed by atoms with E-state index in [2.05, 4.69) is 47.3 Å². The van der Waals surface area contributed by atoms with Crippen molar-refractivity contribution in [3.8, 4) is 0 Å². The molecule has 0 N–H and O–H groups in total. The van der Waals surface area contributed by atoms with E-state index in [-0.39, 0.29) is 18.6 Å². The molecule has 3 aromatic rings. The number of carbonyl (C=O) groups is 1. The third-order valence-corrected chi connectivity index (χ3v) is 5.40. The smallest absolute Gasteiger partial charge is 0.258 e. The number of benzene rings is 1. The maximum absolute atomic E-state index is 12.4. The Balaban J connectivity index is 1.62. The Bertz CT molecular complexity index is 1030. The Morgan fingerprint density at radius 1 is 1.24 bits per heavy atom. The van der Waals surface area contributed by atoms with E-state index in [0.717, 1.165) is 11.1 Å². The van der Waals surface area contributed by atoms with Crippen molar-refractivity contribution in [1.82, 2.24) is 24.8 Å². The minimum absolute atomic E-state index is 0.00978. The topological polar surface area (TPSA) is 86.3 Å². The van der Waals surface area contributed by atoms with Gasteiger partial charge >= 0.3 is 0 Å². The molecule has 3 heterocycles. The third kappa shape index (κ3) is 3.80. The number of hydrogen-bond acceptors (Lipinski definition) is 6. The van der Waals surface area contributed by atoms with Crippen LogP contribution in [0.1, 0.15) is 53.0 Å². The molecule has 2 aromatic heterocycles. The molecule has 152 valence electrons. The summed E-state index contributed by atoms with van der Waals surface area (Å²) in [5.41, 5.74) is 4.48. The lowest BCUT2D eigenvalue weighted by Crippen LogP contribution is -2.45. The number of nitrogens with zero attached hydrogens (tertiary/aromatic N) is 5. The molecule has 29 heavy (non-hydrogen) atoms. The molecule has 4 rings (SSSR count). The van der Waals surface area contributed by atoms with Crippen LogP contribution in [0.15, 0.2) is 35.1 Å². The fourth-order valence-electron chi connectivity index (χ4n) is 3.73. The van der Waals surface area contributed by atoms with E-state index in [4.69, 9.17) is 9.26 Å². The minimum Gasteiger partial charge on any atom is -0.356 e. The van der Waals surface area contributed by atoms with Crippen LogP contribution in [-0.2, 0) is 23.0 Å². The Hall–Kier alpha value is -3.00. The molecule has 0 radical (unpaired) electrons. The maximum Gasteiger partial charge on any atom is 0.258 e. The molecule has 1 aliphatic heterocycles. The van der Waals surface area contributed by atoms with E-state index in [0.29, 0.717) is 24.7 Å². The average Bonchev–Trinajstić information content (AvgIpc) is 3.33. The predicted molar refractivity (Wildman–Crippen MR) is 105 cm³/mol. The van der Waals surface area contributed by atoms with Crippen molar-refractivity contribution in [3.63, 3.8) is 0 Å². The molecule has 0 bridgehead atoms. The fraction of sp³-hybridized carbons (Fsp3) is 0.429. The number of rotatable bonds is 5. The highest BCUT2D eigenvalue weighted by molar-refractivity contribution is 5.78. The number of aryl methyl sites for hydroxylation is 3. The van der Waals surface area contributed by atoms with Crippen LogP contribution in [0.5, 0.6) is 0 Å². The second-order valence-corrected chi connectivity index (χ2v) is 7.45. The van der Waals surface area contributed by atoms with Gasteiger partial charge in [0.05, 0.1) is 12.2 Å².